The van der Waals surface area contributed by atoms with E-state index in [2.05, 4.69) is 37.3 Å². The molecule has 3 fully saturated rings. The van der Waals surface area contributed by atoms with Gasteiger partial charge < -0.3 is 4.90 Å². The monoisotopic (exact) mass is 488 g/mol. The number of hydrogen-bond donors (Lipinski definition) is 0. The number of rotatable bonds is 5. The largest absolute Gasteiger partial charge is 0.359 e. The SMILES string of the molecule is CC(C)(C)c1ccc(S(=O)(=O)N2CCC(C3SC=CN3C3(C4CCCCC4)CC3)CC2)cc1. The molecule has 0 bridgehead atoms. The Morgan fingerprint density at radius 1 is 0.939 bits per heavy atom. The molecular formula is C27H40N2O2S2. The number of sulfonamides is 1. The lowest BCUT2D eigenvalue weighted by Crippen LogP contribution is -2.49. The first-order valence-corrected chi connectivity index (χ1v) is 15.3. The second-order valence-corrected chi connectivity index (χ2v) is 14.6. The molecule has 0 aromatic heterocycles. The molecule has 0 N–H and O–H groups in total. The maximum atomic E-state index is 13.3. The van der Waals surface area contributed by atoms with Gasteiger partial charge in [-0.15, -0.1) is 11.8 Å². The molecule has 6 heteroatoms. The summed E-state index contributed by atoms with van der Waals surface area (Å²) in [5.74, 6) is 1.41. The van der Waals surface area contributed by atoms with Gasteiger partial charge >= 0.3 is 0 Å². The van der Waals surface area contributed by atoms with E-state index in [0.717, 1.165) is 24.3 Å². The van der Waals surface area contributed by atoms with Gasteiger partial charge in [0.05, 0.1) is 10.3 Å². The van der Waals surface area contributed by atoms with E-state index in [0.29, 0.717) is 34.8 Å². The first kappa shape index (κ1) is 23.7. The number of benzene rings is 1. The van der Waals surface area contributed by atoms with Crippen molar-refractivity contribution in [3.05, 3.63) is 41.4 Å². The van der Waals surface area contributed by atoms with Gasteiger partial charge in [-0.2, -0.15) is 4.31 Å². The van der Waals surface area contributed by atoms with Crippen LogP contribution >= 0.6 is 11.8 Å². The van der Waals surface area contributed by atoms with Crippen LogP contribution in [0.3, 0.4) is 0 Å². The third-order valence-corrected chi connectivity index (χ3v) is 11.7. The van der Waals surface area contributed by atoms with E-state index >= 15 is 0 Å². The van der Waals surface area contributed by atoms with Crippen molar-refractivity contribution < 1.29 is 8.42 Å². The smallest absolute Gasteiger partial charge is 0.243 e. The number of nitrogens with zero attached hydrogens (tertiary/aromatic N) is 2. The summed E-state index contributed by atoms with van der Waals surface area (Å²) in [6.45, 7) is 7.73. The van der Waals surface area contributed by atoms with Crippen LogP contribution in [-0.2, 0) is 15.4 Å². The fraction of sp³-hybridized carbons (Fsp3) is 0.704. The molecular weight excluding hydrogens is 448 g/mol. The van der Waals surface area contributed by atoms with Crippen LogP contribution in [-0.4, -0.2) is 41.6 Å². The van der Waals surface area contributed by atoms with Crippen molar-refractivity contribution in [3.8, 4) is 0 Å². The van der Waals surface area contributed by atoms with Gasteiger partial charge in [0.2, 0.25) is 10.0 Å². The van der Waals surface area contributed by atoms with E-state index in [9.17, 15) is 8.42 Å². The van der Waals surface area contributed by atoms with Gasteiger partial charge in [0.15, 0.2) is 0 Å². The molecule has 4 aliphatic rings. The van der Waals surface area contributed by atoms with E-state index in [-0.39, 0.29) is 5.41 Å². The van der Waals surface area contributed by atoms with Crippen LogP contribution in [0.2, 0.25) is 0 Å². The van der Waals surface area contributed by atoms with Crippen molar-refractivity contribution in [2.24, 2.45) is 11.8 Å². The third kappa shape index (κ3) is 4.52. The molecule has 2 saturated carbocycles. The van der Waals surface area contributed by atoms with Crippen molar-refractivity contribution in [3.63, 3.8) is 0 Å². The van der Waals surface area contributed by atoms with E-state index in [1.807, 2.05) is 23.9 Å². The second-order valence-electron chi connectivity index (χ2n) is 11.7. The van der Waals surface area contributed by atoms with Crippen molar-refractivity contribution in [1.82, 2.24) is 9.21 Å². The minimum Gasteiger partial charge on any atom is -0.359 e. The normalized spacial score (nSPS) is 27.2. The Bertz CT molecular complexity index is 962. The van der Waals surface area contributed by atoms with Crippen LogP contribution in [0.4, 0.5) is 0 Å². The van der Waals surface area contributed by atoms with Crippen LogP contribution < -0.4 is 0 Å². The van der Waals surface area contributed by atoms with Crippen molar-refractivity contribution in [2.75, 3.05) is 13.1 Å². The Morgan fingerprint density at radius 3 is 2.15 bits per heavy atom. The van der Waals surface area contributed by atoms with Crippen molar-refractivity contribution in [2.45, 2.75) is 99.8 Å². The average Bonchev–Trinajstić information content (AvgIpc) is 3.48. The first-order valence-electron chi connectivity index (χ1n) is 12.9. The van der Waals surface area contributed by atoms with Crippen LogP contribution in [0.1, 0.15) is 84.1 Å². The summed E-state index contributed by atoms with van der Waals surface area (Å²) in [5.41, 5.74) is 1.59. The summed E-state index contributed by atoms with van der Waals surface area (Å²) in [6, 6.07) is 7.53. The number of hydrogen-bond acceptors (Lipinski definition) is 4. The van der Waals surface area contributed by atoms with E-state index in [1.54, 1.807) is 16.4 Å². The molecule has 182 valence electrons. The zero-order valence-corrected chi connectivity index (χ0v) is 22.1. The molecule has 1 aromatic carbocycles. The zero-order chi connectivity index (χ0) is 23.3. The van der Waals surface area contributed by atoms with Gasteiger partial charge in [0, 0.05) is 24.8 Å². The Morgan fingerprint density at radius 2 is 1.58 bits per heavy atom. The second kappa shape index (κ2) is 8.91. The Hall–Kier alpha value is -0.980. The minimum atomic E-state index is -3.42. The van der Waals surface area contributed by atoms with E-state index in [1.165, 1.54) is 44.9 Å². The Labute approximate surface area is 205 Å². The van der Waals surface area contributed by atoms with E-state index in [4.69, 9.17) is 0 Å². The molecule has 2 heterocycles. The van der Waals surface area contributed by atoms with Gasteiger partial charge in [-0.3, -0.25) is 0 Å². The quantitative estimate of drug-likeness (QED) is 0.485. The van der Waals surface area contributed by atoms with Crippen LogP contribution in [0.5, 0.6) is 0 Å². The zero-order valence-electron chi connectivity index (χ0n) is 20.5. The molecule has 1 aromatic rings. The van der Waals surface area contributed by atoms with Gasteiger partial charge in [-0.1, -0.05) is 52.2 Å². The molecule has 5 rings (SSSR count). The van der Waals surface area contributed by atoms with Gasteiger partial charge in [-0.25, -0.2) is 8.42 Å². The fourth-order valence-electron chi connectivity index (χ4n) is 6.39. The predicted octanol–water partition coefficient (Wildman–Crippen LogP) is 6.34. The summed E-state index contributed by atoms with van der Waals surface area (Å²) in [7, 11) is -3.42. The molecule has 0 amide bonds. The van der Waals surface area contributed by atoms with Crippen molar-refractivity contribution >= 4 is 21.8 Å². The molecule has 2 aliphatic heterocycles. The standard InChI is InChI=1S/C27H40N2O2S2/c1-26(2,3)22-9-11-24(12-10-22)33(30,31)28-17-13-21(14-18-28)25-29(19-20-32-25)27(15-16-27)23-7-5-4-6-8-23/h9-12,19-21,23,25H,4-8,13-18H2,1-3H3. The average molecular weight is 489 g/mol. The molecule has 2 aliphatic carbocycles. The molecule has 0 radical (unpaired) electrons. The Balaban J connectivity index is 1.23. The summed E-state index contributed by atoms with van der Waals surface area (Å²) in [4.78, 5) is 3.16. The predicted molar refractivity (Wildman–Crippen MR) is 138 cm³/mol. The highest BCUT2D eigenvalue weighted by Gasteiger charge is 2.56. The first-order chi connectivity index (χ1) is 15.7. The highest BCUT2D eigenvalue weighted by Crippen LogP contribution is 2.57. The summed E-state index contributed by atoms with van der Waals surface area (Å²) in [5, 5.41) is 2.79. The van der Waals surface area contributed by atoms with Gasteiger partial charge in [0.1, 0.15) is 0 Å². The van der Waals surface area contributed by atoms with Crippen LogP contribution in [0.25, 0.3) is 0 Å². The van der Waals surface area contributed by atoms with Gasteiger partial charge in [-0.05, 0) is 78.9 Å². The number of thioether (sulfide) groups is 1. The van der Waals surface area contributed by atoms with Crippen molar-refractivity contribution in [1.29, 1.82) is 0 Å². The maximum absolute atomic E-state index is 13.3. The molecule has 0 spiro atoms. The molecule has 1 atom stereocenters. The number of piperidine rings is 1. The molecule has 33 heavy (non-hydrogen) atoms. The minimum absolute atomic E-state index is 0.0239. The molecule has 1 unspecified atom stereocenters. The third-order valence-electron chi connectivity index (χ3n) is 8.62. The molecule has 4 nitrogen and oxygen atoms in total. The highest BCUT2D eigenvalue weighted by atomic mass is 32.2. The Kier molecular flexibility index (Phi) is 6.41. The van der Waals surface area contributed by atoms with E-state index < -0.39 is 10.0 Å². The van der Waals surface area contributed by atoms with Gasteiger partial charge in [0.25, 0.3) is 0 Å². The summed E-state index contributed by atoms with van der Waals surface area (Å²) >= 11 is 1.97. The topological polar surface area (TPSA) is 40.6 Å². The fourth-order valence-corrected chi connectivity index (χ4v) is 9.13. The lowest BCUT2D eigenvalue weighted by Gasteiger charge is -2.44. The summed E-state index contributed by atoms with van der Waals surface area (Å²) < 4.78 is 28.4. The van der Waals surface area contributed by atoms with Crippen LogP contribution in [0.15, 0.2) is 40.8 Å². The maximum Gasteiger partial charge on any atom is 0.243 e. The highest BCUT2D eigenvalue weighted by molar-refractivity contribution is 8.02. The lowest BCUT2D eigenvalue weighted by molar-refractivity contribution is 0.100. The lowest BCUT2D eigenvalue weighted by atomic mass is 9.81. The summed E-state index contributed by atoms with van der Waals surface area (Å²) in [6.07, 6.45) is 14.0. The van der Waals surface area contributed by atoms with Crippen LogP contribution in [0, 0.1) is 11.8 Å². The molecule has 1 saturated heterocycles.